The Kier molecular flexibility index (Phi) is 6.19. The smallest absolute Gasteiger partial charge is 0.249 e. The highest BCUT2D eigenvalue weighted by molar-refractivity contribution is 7.91. The predicted molar refractivity (Wildman–Crippen MR) is 91.6 cm³/mol. The van der Waals surface area contributed by atoms with Crippen LogP contribution in [-0.2, 0) is 21.4 Å². The number of sulfonamides is 1. The molecule has 1 aliphatic carbocycles. The van der Waals surface area contributed by atoms with Gasteiger partial charge in [0.1, 0.15) is 4.21 Å². The van der Waals surface area contributed by atoms with Crippen molar-refractivity contribution in [3.63, 3.8) is 0 Å². The molecule has 1 aromatic rings. The highest BCUT2D eigenvalue weighted by Gasteiger charge is 2.32. The standard InChI is InChI=1S/C15H25N3O3S2/c1-17-23(20,21)14-6-5-12(22-14)10-18-13(19)9-15(11-16)7-3-2-4-8-15/h5-6,17H,2-4,7-11,16H2,1H3,(H,18,19). The maximum atomic E-state index is 12.2. The Labute approximate surface area is 141 Å². The van der Waals surface area contributed by atoms with Gasteiger partial charge in [-0.2, -0.15) is 0 Å². The van der Waals surface area contributed by atoms with Crippen LogP contribution in [0.25, 0.3) is 0 Å². The minimum Gasteiger partial charge on any atom is -0.351 e. The average molecular weight is 360 g/mol. The lowest BCUT2D eigenvalue weighted by Crippen LogP contribution is -2.38. The summed E-state index contributed by atoms with van der Waals surface area (Å²) < 4.78 is 25.9. The summed E-state index contributed by atoms with van der Waals surface area (Å²) in [7, 11) is -2.03. The lowest BCUT2D eigenvalue weighted by Gasteiger charge is -2.35. The first-order valence-electron chi connectivity index (χ1n) is 7.90. The van der Waals surface area contributed by atoms with Crippen molar-refractivity contribution in [3.8, 4) is 0 Å². The maximum absolute atomic E-state index is 12.2. The van der Waals surface area contributed by atoms with Crippen LogP contribution in [0.2, 0.25) is 0 Å². The predicted octanol–water partition coefficient (Wildman–Crippen LogP) is 1.57. The summed E-state index contributed by atoms with van der Waals surface area (Å²) in [5.41, 5.74) is 5.85. The van der Waals surface area contributed by atoms with E-state index in [-0.39, 0.29) is 15.5 Å². The molecule has 8 heteroatoms. The molecule has 0 aliphatic heterocycles. The fourth-order valence-corrected chi connectivity index (χ4v) is 5.18. The molecule has 0 atom stereocenters. The molecule has 1 heterocycles. The van der Waals surface area contributed by atoms with Crippen molar-refractivity contribution in [2.45, 2.75) is 49.3 Å². The number of rotatable bonds is 7. The summed E-state index contributed by atoms with van der Waals surface area (Å²) in [5.74, 6) is -0.0104. The minimum absolute atomic E-state index is 0.0104. The first kappa shape index (κ1) is 18.4. The van der Waals surface area contributed by atoms with E-state index in [9.17, 15) is 13.2 Å². The lowest BCUT2D eigenvalue weighted by atomic mass is 9.71. The van der Waals surface area contributed by atoms with Crippen LogP contribution in [0, 0.1) is 5.41 Å². The second kappa shape index (κ2) is 7.74. The van der Waals surface area contributed by atoms with Gasteiger partial charge in [-0.05, 0) is 44.0 Å². The second-order valence-electron chi connectivity index (χ2n) is 6.15. The van der Waals surface area contributed by atoms with Crippen molar-refractivity contribution in [1.29, 1.82) is 0 Å². The molecule has 23 heavy (non-hydrogen) atoms. The third-order valence-electron chi connectivity index (χ3n) is 4.51. The van der Waals surface area contributed by atoms with E-state index < -0.39 is 10.0 Å². The highest BCUT2D eigenvalue weighted by Crippen LogP contribution is 2.38. The van der Waals surface area contributed by atoms with Crippen LogP contribution in [0.15, 0.2) is 16.3 Å². The third-order valence-corrected chi connectivity index (χ3v) is 7.50. The van der Waals surface area contributed by atoms with E-state index in [2.05, 4.69) is 10.0 Å². The normalized spacial score (nSPS) is 17.8. The number of carbonyl (C=O) groups is 1. The van der Waals surface area contributed by atoms with E-state index in [4.69, 9.17) is 5.73 Å². The zero-order chi connectivity index (χ0) is 16.9. The number of nitrogens with two attached hydrogens (primary N) is 1. The van der Waals surface area contributed by atoms with E-state index in [1.165, 1.54) is 24.8 Å². The fourth-order valence-electron chi connectivity index (χ4n) is 3.04. The molecule has 1 aromatic heterocycles. The Hall–Kier alpha value is -0.960. The summed E-state index contributed by atoms with van der Waals surface area (Å²) >= 11 is 1.17. The first-order chi connectivity index (χ1) is 10.9. The van der Waals surface area contributed by atoms with Crippen LogP contribution in [-0.4, -0.2) is 27.9 Å². The number of carbonyl (C=O) groups excluding carboxylic acids is 1. The van der Waals surface area contributed by atoms with Crippen molar-refractivity contribution in [2.24, 2.45) is 11.1 Å². The van der Waals surface area contributed by atoms with Gasteiger partial charge in [-0.25, -0.2) is 13.1 Å². The van der Waals surface area contributed by atoms with Crippen molar-refractivity contribution in [2.75, 3.05) is 13.6 Å². The molecule has 2 rings (SSSR count). The van der Waals surface area contributed by atoms with Crippen LogP contribution in [0.4, 0.5) is 0 Å². The minimum atomic E-state index is -3.41. The number of nitrogens with one attached hydrogen (secondary N) is 2. The molecule has 130 valence electrons. The summed E-state index contributed by atoms with van der Waals surface area (Å²) in [6.07, 6.45) is 5.99. The molecule has 4 N–H and O–H groups in total. The molecule has 6 nitrogen and oxygen atoms in total. The van der Waals surface area contributed by atoms with Gasteiger partial charge in [-0.3, -0.25) is 4.79 Å². The van der Waals surface area contributed by atoms with Gasteiger partial charge < -0.3 is 11.1 Å². The van der Waals surface area contributed by atoms with E-state index in [0.717, 1.165) is 30.6 Å². The third kappa shape index (κ3) is 4.76. The zero-order valence-corrected chi connectivity index (χ0v) is 15.1. The number of hydrogen-bond acceptors (Lipinski definition) is 5. The van der Waals surface area contributed by atoms with Gasteiger partial charge in [0.2, 0.25) is 15.9 Å². The molecule has 1 saturated carbocycles. The maximum Gasteiger partial charge on any atom is 0.249 e. The Bertz CT molecular complexity index is 634. The van der Waals surface area contributed by atoms with E-state index in [1.54, 1.807) is 12.1 Å². The molecule has 0 radical (unpaired) electrons. The van der Waals surface area contributed by atoms with Crippen molar-refractivity contribution < 1.29 is 13.2 Å². The molecule has 1 amide bonds. The average Bonchev–Trinajstić information content (AvgIpc) is 3.03. The van der Waals surface area contributed by atoms with Crippen molar-refractivity contribution in [1.82, 2.24) is 10.0 Å². The van der Waals surface area contributed by atoms with Gasteiger partial charge in [-0.15, -0.1) is 11.3 Å². The van der Waals surface area contributed by atoms with E-state index in [1.807, 2.05) is 0 Å². The number of thiophene rings is 1. The fraction of sp³-hybridized carbons (Fsp3) is 0.667. The Morgan fingerprint density at radius 2 is 2.00 bits per heavy atom. The summed E-state index contributed by atoms with van der Waals surface area (Å²) in [6.45, 7) is 0.896. The highest BCUT2D eigenvalue weighted by atomic mass is 32.2. The quantitative estimate of drug-likeness (QED) is 0.688. The largest absolute Gasteiger partial charge is 0.351 e. The van der Waals surface area contributed by atoms with Crippen LogP contribution in [0.3, 0.4) is 0 Å². The summed E-state index contributed by atoms with van der Waals surface area (Å²) in [5, 5.41) is 2.89. The first-order valence-corrected chi connectivity index (χ1v) is 10.2. The Morgan fingerprint density at radius 3 is 2.61 bits per heavy atom. The van der Waals surface area contributed by atoms with Crippen LogP contribution >= 0.6 is 11.3 Å². The van der Waals surface area contributed by atoms with Gasteiger partial charge in [0.25, 0.3) is 0 Å². The monoisotopic (exact) mass is 359 g/mol. The second-order valence-corrected chi connectivity index (χ2v) is 9.43. The van der Waals surface area contributed by atoms with Gasteiger partial charge in [0, 0.05) is 11.3 Å². The van der Waals surface area contributed by atoms with Crippen molar-refractivity contribution >= 4 is 27.3 Å². The zero-order valence-electron chi connectivity index (χ0n) is 13.4. The van der Waals surface area contributed by atoms with Crippen LogP contribution < -0.4 is 15.8 Å². The summed E-state index contributed by atoms with van der Waals surface area (Å²) in [6, 6.07) is 3.29. The van der Waals surface area contributed by atoms with Crippen LogP contribution in [0.5, 0.6) is 0 Å². The Balaban J connectivity index is 1.89. The van der Waals surface area contributed by atoms with Gasteiger partial charge in [0.15, 0.2) is 0 Å². The van der Waals surface area contributed by atoms with Gasteiger partial charge in [-0.1, -0.05) is 19.3 Å². The van der Waals surface area contributed by atoms with E-state index in [0.29, 0.717) is 19.5 Å². The summed E-state index contributed by atoms with van der Waals surface area (Å²) in [4.78, 5) is 13.0. The molecule has 0 spiro atoms. The van der Waals surface area contributed by atoms with E-state index >= 15 is 0 Å². The molecule has 0 bridgehead atoms. The van der Waals surface area contributed by atoms with Crippen molar-refractivity contribution in [3.05, 3.63) is 17.0 Å². The number of hydrogen-bond donors (Lipinski definition) is 3. The molecular formula is C15H25N3O3S2. The SMILES string of the molecule is CNS(=O)(=O)c1ccc(CNC(=O)CC2(CN)CCCCC2)s1. The van der Waals surface area contributed by atoms with Gasteiger partial charge >= 0.3 is 0 Å². The lowest BCUT2D eigenvalue weighted by molar-refractivity contribution is -0.124. The van der Waals surface area contributed by atoms with Gasteiger partial charge in [0.05, 0.1) is 6.54 Å². The molecule has 0 aromatic carbocycles. The van der Waals surface area contributed by atoms with Crippen LogP contribution in [0.1, 0.15) is 43.4 Å². The Morgan fingerprint density at radius 1 is 1.30 bits per heavy atom. The number of amides is 1. The molecule has 0 unspecified atom stereocenters. The topological polar surface area (TPSA) is 101 Å². The molecule has 1 aliphatic rings. The molecule has 0 saturated heterocycles. The molecule has 1 fully saturated rings. The molecular weight excluding hydrogens is 334 g/mol.